The molecule has 1 saturated carbocycles. The molecule has 3 fully saturated rings. The zero-order valence-electron chi connectivity index (χ0n) is 22.1. The summed E-state index contributed by atoms with van der Waals surface area (Å²) in [6, 6.07) is 17.7. The summed E-state index contributed by atoms with van der Waals surface area (Å²) >= 11 is 0. The normalized spacial score (nSPS) is 31.2. The number of hydrogen-bond donors (Lipinski definition) is 0. The highest BCUT2D eigenvalue weighted by atomic mass is 16.6. The second kappa shape index (κ2) is 9.05. The third-order valence-electron chi connectivity index (χ3n) is 8.71. The van der Waals surface area contributed by atoms with Crippen molar-refractivity contribution in [3.63, 3.8) is 0 Å². The van der Waals surface area contributed by atoms with Gasteiger partial charge in [-0.2, -0.15) is 0 Å². The molecule has 2 saturated heterocycles. The van der Waals surface area contributed by atoms with Gasteiger partial charge in [0.25, 0.3) is 11.5 Å². The number of piperidine rings is 1. The number of nitrogens with zero attached hydrogens (tertiary/aromatic N) is 2. The number of carbonyl (C=O) groups excluding carboxylic acids is 4. The van der Waals surface area contributed by atoms with E-state index < -0.39 is 47.2 Å². The molecule has 6 rings (SSSR count). The van der Waals surface area contributed by atoms with Crippen molar-refractivity contribution in [1.82, 2.24) is 9.80 Å². The molecule has 3 aliphatic heterocycles. The summed E-state index contributed by atoms with van der Waals surface area (Å²) in [5.41, 5.74) is 0.286. The van der Waals surface area contributed by atoms with Crippen LogP contribution in [-0.4, -0.2) is 59.1 Å². The van der Waals surface area contributed by atoms with E-state index in [1.54, 1.807) is 6.92 Å². The molecule has 0 radical (unpaired) electrons. The number of hydrogen-bond acceptors (Lipinski definition) is 8. The van der Waals surface area contributed by atoms with Gasteiger partial charge in [-0.25, -0.2) is 9.59 Å². The number of methoxy groups -OCH3 is 2. The summed E-state index contributed by atoms with van der Waals surface area (Å²) in [7, 11) is 2.51. The predicted molar refractivity (Wildman–Crippen MR) is 137 cm³/mol. The van der Waals surface area contributed by atoms with Crippen LogP contribution in [-0.2, 0) is 39.9 Å². The predicted octanol–water partition coefficient (Wildman–Crippen LogP) is 3.11. The Hall–Kier alpha value is -3.98. The highest BCUT2D eigenvalue weighted by molar-refractivity contribution is 6.12. The lowest BCUT2D eigenvalue weighted by molar-refractivity contribution is -0.227. The van der Waals surface area contributed by atoms with Gasteiger partial charge in [0.2, 0.25) is 5.85 Å². The Morgan fingerprint density at radius 2 is 1.67 bits per heavy atom. The van der Waals surface area contributed by atoms with E-state index in [-0.39, 0.29) is 17.9 Å². The van der Waals surface area contributed by atoms with Gasteiger partial charge in [0.15, 0.2) is 0 Å². The van der Waals surface area contributed by atoms with E-state index in [4.69, 9.17) is 14.2 Å². The Morgan fingerprint density at radius 3 is 2.31 bits per heavy atom. The van der Waals surface area contributed by atoms with Crippen LogP contribution in [0.3, 0.4) is 0 Å². The number of ketones is 1. The minimum Gasteiger partial charge on any atom is -0.466 e. The fourth-order valence-electron chi connectivity index (χ4n) is 7.17. The molecule has 9 heteroatoms. The summed E-state index contributed by atoms with van der Waals surface area (Å²) in [5, 5.41) is 0. The van der Waals surface area contributed by atoms with Crippen LogP contribution in [0.1, 0.15) is 43.4 Å². The summed E-state index contributed by atoms with van der Waals surface area (Å²) in [6.45, 7) is 2.01. The second-order valence-corrected chi connectivity index (χ2v) is 10.5. The van der Waals surface area contributed by atoms with Crippen LogP contribution in [0.4, 0.5) is 0 Å². The number of Topliss-reactive ketones (excluding diaryl/α,β-unsaturated/α-hetero) is 1. The van der Waals surface area contributed by atoms with Crippen LogP contribution in [0, 0.1) is 11.8 Å². The monoisotopic (exact) mass is 530 g/mol. The average molecular weight is 531 g/mol. The highest BCUT2D eigenvalue weighted by Gasteiger charge is 2.84. The molecule has 1 spiro atoms. The number of rotatable bonds is 5. The summed E-state index contributed by atoms with van der Waals surface area (Å²) < 4.78 is 17.1. The molecule has 39 heavy (non-hydrogen) atoms. The molecule has 202 valence electrons. The summed E-state index contributed by atoms with van der Waals surface area (Å²) in [5.74, 6) is -5.24. The molecule has 0 N–H and O–H groups in total. The first kappa shape index (κ1) is 25.3. The van der Waals surface area contributed by atoms with Gasteiger partial charge in [0, 0.05) is 24.6 Å². The van der Waals surface area contributed by atoms with Crippen LogP contribution in [0.25, 0.3) is 0 Å². The molecular formula is C30H30N2O7. The van der Waals surface area contributed by atoms with E-state index in [9.17, 15) is 19.2 Å². The van der Waals surface area contributed by atoms with Crippen molar-refractivity contribution in [2.75, 3.05) is 14.2 Å². The molecule has 2 aromatic rings. The van der Waals surface area contributed by atoms with Crippen LogP contribution in [0.5, 0.6) is 0 Å². The van der Waals surface area contributed by atoms with E-state index in [1.807, 2.05) is 65.6 Å². The Balaban J connectivity index is 1.68. The molecule has 2 unspecified atom stereocenters. The molecule has 1 aliphatic carbocycles. The quantitative estimate of drug-likeness (QED) is 0.429. The topological polar surface area (TPSA) is 102 Å². The molecule has 1 amide bonds. The average Bonchev–Trinajstić information content (AvgIpc) is 3.42. The first-order valence-corrected chi connectivity index (χ1v) is 13.1. The number of allylic oxidation sites excluding steroid dienone is 1. The lowest BCUT2D eigenvalue weighted by atomic mass is 9.65. The molecule has 4 aliphatic rings. The highest BCUT2D eigenvalue weighted by Crippen LogP contribution is 2.66. The lowest BCUT2D eigenvalue weighted by Gasteiger charge is -2.57. The Bertz CT molecular complexity index is 1390. The first-order valence-electron chi connectivity index (χ1n) is 13.1. The molecule has 3 heterocycles. The van der Waals surface area contributed by atoms with Crippen molar-refractivity contribution in [2.24, 2.45) is 11.8 Å². The Kier molecular flexibility index (Phi) is 5.87. The molecule has 2 bridgehead atoms. The zero-order chi connectivity index (χ0) is 27.5. The van der Waals surface area contributed by atoms with Crippen molar-refractivity contribution in [1.29, 1.82) is 0 Å². The molecule has 5 atom stereocenters. The Labute approximate surface area is 226 Å². The number of fused-ring (bicyclic) bond motifs is 3. The van der Waals surface area contributed by atoms with Crippen molar-refractivity contribution in [3.05, 3.63) is 83.1 Å². The second-order valence-electron chi connectivity index (χ2n) is 10.5. The van der Waals surface area contributed by atoms with E-state index in [0.717, 1.165) is 5.56 Å². The third kappa shape index (κ3) is 3.22. The van der Waals surface area contributed by atoms with Crippen LogP contribution in [0.2, 0.25) is 0 Å². The smallest absolute Gasteiger partial charge is 0.348 e. The van der Waals surface area contributed by atoms with Gasteiger partial charge in [0.1, 0.15) is 5.78 Å². The molecule has 9 nitrogen and oxygen atoms in total. The zero-order valence-corrected chi connectivity index (χ0v) is 22.1. The minimum absolute atomic E-state index is 0.0753. The van der Waals surface area contributed by atoms with Gasteiger partial charge in [-0.05, 0) is 30.9 Å². The largest absolute Gasteiger partial charge is 0.466 e. The van der Waals surface area contributed by atoms with Gasteiger partial charge in [-0.1, -0.05) is 60.7 Å². The standard InChI is InChI=1S/C30H30N2O7/c1-18-23(26(34)37-2)25(20-13-8-5-9-14-20)32-27(35)29(28(36)38-3)21-15-10-16-22(33)24(21)30(32,39-29)31(18)17-19-11-6-4-7-12-19/h4-9,11-14,21,24-25H,10,15-17H2,1-3H3/t21-,24-,25?,29?,30-/m0/s1. The van der Waals surface area contributed by atoms with Gasteiger partial charge in [-0.15, -0.1) is 0 Å². The van der Waals surface area contributed by atoms with E-state index >= 15 is 0 Å². The minimum atomic E-state index is -2.00. The number of esters is 2. The molecule has 2 aromatic carbocycles. The number of carbonyl (C=O) groups is 4. The van der Waals surface area contributed by atoms with Gasteiger partial charge in [-0.3, -0.25) is 14.5 Å². The van der Waals surface area contributed by atoms with Crippen LogP contribution < -0.4 is 0 Å². The fraction of sp³-hybridized carbons (Fsp3) is 0.400. The summed E-state index contributed by atoms with van der Waals surface area (Å²) in [6.07, 6.45) is 1.33. The lowest BCUT2D eigenvalue weighted by Crippen LogP contribution is -2.71. The SMILES string of the molecule is COC(=O)C1=C(C)N(Cc2ccccc2)[C@]23OC(C(=O)OC)(C(=O)N2C1c1ccccc1)[C@H]1CCCC(=O)[C@H]13. The van der Waals surface area contributed by atoms with E-state index in [0.29, 0.717) is 30.5 Å². The summed E-state index contributed by atoms with van der Waals surface area (Å²) in [4.78, 5) is 58.6. The van der Waals surface area contributed by atoms with E-state index in [2.05, 4.69) is 0 Å². The maximum absolute atomic E-state index is 14.6. The van der Waals surface area contributed by atoms with Crippen LogP contribution in [0.15, 0.2) is 71.9 Å². The third-order valence-corrected chi connectivity index (χ3v) is 8.71. The van der Waals surface area contributed by atoms with Crippen molar-refractivity contribution in [2.45, 2.75) is 50.2 Å². The number of benzene rings is 2. The number of amides is 1. The van der Waals surface area contributed by atoms with Gasteiger partial charge < -0.3 is 19.1 Å². The van der Waals surface area contributed by atoms with Crippen molar-refractivity contribution >= 4 is 23.6 Å². The van der Waals surface area contributed by atoms with Crippen molar-refractivity contribution < 1.29 is 33.4 Å². The van der Waals surface area contributed by atoms with Crippen LogP contribution >= 0.6 is 0 Å². The fourth-order valence-corrected chi connectivity index (χ4v) is 7.17. The van der Waals surface area contributed by atoms with Crippen molar-refractivity contribution in [3.8, 4) is 0 Å². The van der Waals surface area contributed by atoms with Gasteiger partial charge in [0.05, 0.1) is 31.8 Å². The Morgan fingerprint density at radius 1 is 1.00 bits per heavy atom. The maximum Gasteiger partial charge on any atom is 0.348 e. The number of ether oxygens (including phenoxy) is 3. The first-order chi connectivity index (χ1) is 18.8. The molecular weight excluding hydrogens is 500 g/mol. The van der Waals surface area contributed by atoms with E-state index in [1.165, 1.54) is 19.1 Å². The molecule has 0 aromatic heterocycles. The van der Waals surface area contributed by atoms with Gasteiger partial charge >= 0.3 is 11.9 Å². The maximum atomic E-state index is 14.6.